The van der Waals surface area contributed by atoms with E-state index >= 15 is 0 Å². The van der Waals surface area contributed by atoms with E-state index in [0.29, 0.717) is 18.5 Å². The number of amides is 1. The number of hydrogen-bond acceptors (Lipinski definition) is 2. The zero-order valence-electron chi connectivity index (χ0n) is 10.9. The van der Waals surface area contributed by atoms with E-state index in [1.807, 2.05) is 0 Å². The third-order valence-corrected chi connectivity index (χ3v) is 3.63. The van der Waals surface area contributed by atoms with Gasteiger partial charge in [-0.2, -0.15) is 0 Å². The molecule has 16 heavy (non-hydrogen) atoms. The fourth-order valence-corrected chi connectivity index (χ4v) is 2.06. The van der Waals surface area contributed by atoms with Gasteiger partial charge in [-0.3, -0.25) is 4.79 Å². The molecule has 2 N–H and O–H groups in total. The molecule has 0 aromatic rings. The highest BCUT2D eigenvalue weighted by Gasteiger charge is 2.21. The van der Waals surface area contributed by atoms with Crippen LogP contribution in [0.4, 0.5) is 0 Å². The molecule has 0 radical (unpaired) electrons. The number of carbonyl (C=O) groups is 1. The molecule has 0 heterocycles. The van der Waals surface area contributed by atoms with Crippen LogP contribution in [0.1, 0.15) is 46.5 Å². The van der Waals surface area contributed by atoms with E-state index in [4.69, 9.17) is 0 Å². The lowest BCUT2D eigenvalue weighted by Gasteiger charge is -2.22. The Bertz CT molecular complexity index is 210. The summed E-state index contributed by atoms with van der Waals surface area (Å²) in [5.74, 6) is 1.58. The van der Waals surface area contributed by atoms with Gasteiger partial charge in [0.1, 0.15) is 0 Å². The van der Waals surface area contributed by atoms with Crippen molar-refractivity contribution in [2.75, 3.05) is 13.1 Å². The molecule has 1 aliphatic carbocycles. The highest BCUT2D eigenvalue weighted by atomic mass is 16.1. The Kier molecular flexibility index (Phi) is 5.81. The zero-order chi connectivity index (χ0) is 12.0. The lowest BCUT2D eigenvalue weighted by molar-refractivity contribution is -0.120. The van der Waals surface area contributed by atoms with Crippen molar-refractivity contribution in [2.24, 2.45) is 11.8 Å². The molecular formula is C13H26N2O. The summed E-state index contributed by atoms with van der Waals surface area (Å²) in [6.45, 7) is 7.93. The largest absolute Gasteiger partial charge is 0.355 e. The van der Waals surface area contributed by atoms with Crippen molar-refractivity contribution < 1.29 is 4.79 Å². The molecule has 1 fully saturated rings. The van der Waals surface area contributed by atoms with Crippen LogP contribution in [0.2, 0.25) is 0 Å². The van der Waals surface area contributed by atoms with Crippen LogP contribution in [0.3, 0.4) is 0 Å². The second kappa shape index (κ2) is 6.89. The summed E-state index contributed by atoms with van der Waals surface area (Å²) in [4.78, 5) is 11.5. The van der Waals surface area contributed by atoms with Gasteiger partial charge in [0.2, 0.25) is 5.91 Å². The Morgan fingerprint density at radius 3 is 2.44 bits per heavy atom. The maximum Gasteiger partial charge on any atom is 0.233 e. The van der Waals surface area contributed by atoms with Gasteiger partial charge in [-0.15, -0.1) is 0 Å². The number of hydrogen-bond donors (Lipinski definition) is 2. The van der Waals surface area contributed by atoms with Crippen LogP contribution in [-0.4, -0.2) is 25.0 Å². The summed E-state index contributed by atoms with van der Waals surface area (Å²) in [7, 11) is 0. The molecule has 1 aliphatic rings. The Morgan fingerprint density at radius 2 is 1.94 bits per heavy atom. The zero-order valence-corrected chi connectivity index (χ0v) is 10.9. The SMILES string of the molecule is CCC(CC)C(C)NCC(=O)NCC1CC1. The third kappa shape index (κ3) is 4.97. The molecule has 94 valence electrons. The fraction of sp³-hybridized carbons (Fsp3) is 0.923. The number of rotatable bonds is 8. The van der Waals surface area contributed by atoms with Gasteiger partial charge >= 0.3 is 0 Å². The Balaban J connectivity index is 2.08. The molecule has 1 atom stereocenters. The van der Waals surface area contributed by atoms with E-state index in [0.717, 1.165) is 12.5 Å². The van der Waals surface area contributed by atoms with Crippen LogP contribution >= 0.6 is 0 Å². The first-order valence-corrected chi connectivity index (χ1v) is 6.67. The first kappa shape index (κ1) is 13.5. The Hall–Kier alpha value is -0.570. The number of nitrogens with one attached hydrogen (secondary N) is 2. The van der Waals surface area contributed by atoms with Crippen molar-refractivity contribution in [2.45, 2.75) is 52.5 Å². The van der Waals surface area contributed by atoms with E-state index in [9.17, 15) is 4.79 Å². The van der Waals surface area contributed by atoms with Crippen molar-refractivity contribution in [1.82, 2.24) is 10.6 Å². The lowest BCUT2D eigenvalue weighted by atomic mass is 9.95. The lowest BCUT2D eigenvalue weighted by Crippen LogP contribution is -2.41. The minimum Gasteiger partial charge on any atom is -0.355 e. The Morgan fingerprint density at radius 1 is 1.31 bits per heavy atom. The van der Waals surface area contributed by atoms with E-state index in [1.165, 1.54) is 25.7 Å². The van der Waals surface area contributed by atoms with Gasteiger partial charge in [-0.05, 0) is 31.6 Å². The van der Waals surface area contributed by atoms with E-state index in [-0.39, 0.29) is 5.91 Å². The van der Waals surface area contributed by atoms with Crippen LogP contribution in [0.5, 0.6) is 0 Å². The van der Waals surface area contributed by atoms with Crippen LogP contribution in [0, 0.1) is 11.8 Å². The van der Waals surface area contributed by atoms with Gasteiger partial charge in [0, 0.05) is 12.6 Å². The summed E-state index contributed by atoms with van der Waals surface area (Å²) in [6.07, 6.45) is 4.93. The minimum absolute atomic E-state index is 0.143. The van der Waals surface area contributed by atoms with Gasteiger partial charge in [0.25, 0.3) is 0 Å². The summed E-state index contributed by atoms with van der Waals surface area (Å²) in [5, 5.41) is 6.29. The van der Waals surface area contributed by atoms with Crippen molar-refractivity contribution in [3.05, 3.63) is 0 Å². The maximum atomic E-state index is 11.5. The van der Waals surface area contributed by atoms with Gasteiger partial charge in [-0.25, -0.2) is 0 Å². The summed E-state index contributed by atoms with van der Waals surface area (Å²) in [6, 6.07) is 0.432. The predicted molar refractivity (Wildman–Crippen MR) is 67.3 cm³/mol. The maximum absolute atomic E-state index is 11.5. The van der Waals surface area contributed by atoms with Crippen LogP contribution in [0.25, 0.3) is 0 Å². The minimum atomic E-state index is 0.143. The normalized spacial score (nSPS) is 17.5. The van der Waals surface area contributed by atoms with Crippen molar-refractivity contribution >= 4 is 5.91 Å². The summed E-state index contributed by atoms with van der Waals surface area (Å²) in [5.41, 5.74) is 0. The molecule has 0 aliphatic heterocycles. The first-order valence-electron chi connectivity index (χ1n) is 6.67. The number of carbonyl (C=O) groups excluding carboxylic acids is 1. The predicted octanol–water partition coefficient (Wildman–Crippen LogP) is 1.93. The molecule has 0 spiro atoms. The molecule has 0 aromatic carbocycles. The molecule has 1 unspecified atom stereocenters. The molecule has 0 bridgehead atoms. The van der Waals surface area contributed by atoms with Crippen LogP contribution in [-0.2, 0) is 4.79 Å². The molecule has 1 rings (SSSR count). The van der Waals surface area contributed by atoms with Crippen molar-refractivity contribution in [3.63, 3.8) is 0 Å². The van der Waals surface area contributed by atoms with E-state index in [2.05, 4.69) is 31.4 Å². The highest BCUT2D eigenvalue weighted by molar-refractivity contribution is 5.78. The third-order valence-electron chi connectivity index (χ3n) is 3.63. The van der Waals surface area contributed by atoms with E-state index in [1.54, 1.807) is 0 Å². The van der Waals surface area contributed by atoms with Crippen molar-refractivity contribution in [1.29, 1.82) is 0 Å². The molecule has 3 heteroatoms. The molecule has 0 saturated heterocycles. The van der Waals surface area contributed by atoms with Gasteiger partial charge < -0.3 is 10.6 Å². The average Bonchev–Trinajstić information content (AvgIpc) is 3.09. The van der Waals surface area contributed by atoms with Gasteiger partial charge in [0.15, 0.2) is 0 Å². The Labute approximate surface area is 99.4 Å². The topological polar surface area (TPSA) is 41.1 Å². The van der Waals surface area contributed by atoms with Crippen molar-refractivity contribution in [3.8, 4) is 0 Å². The second-order valence-corrected chi connectivity index (χ2v) is 4.99. The first-order chi connectivity index (χ1) is 7.67. The molecule has 3 nitrogen and oxygen atoms in total. The quantitative estimate of drug-likeness (QED) is 0.664. The van der Waals surface area contributed by atoms with E-state index < -0.39 is 0 Å². The van der Waals surface area contributed by atoms with Gasteiger partial charge in [-0.1, -0.05) is 26.7 Å². The fourth-order valence-electron chi connectivity index (χ4n) is 2.06. The standard InChI is InChI=1S/C13H26N2O/c1-4-12(5-2)10(3)14-9-13(16)15-8-11-6-7-11/h10-12,14H,4-9H2,1-3H3,(H,15,16). The summed E-state index contributed by atoms with van der Waals surface area (Å²) >= 11 is 0. The smallest absolute Gasteiger partial charge is 0.233 e. The molecule has 1 amide bonds. The van der Waals surface area contributed by atoms with Gasteiger partial charge in [0.05, 0.1) is 6.54 Å². The molecule has 0 aromatic heterocycles. The molecule has 1 saturated carbocycles. The highest BCUT2D eigenvalue weighted by Crippen LogP contribution is 2.27. The second-order valence-electron chi connectivity index (χ2n) is 4.99. The average molecular weight is 226 g/mol. The molecular weight excluding hydrogens is 200 g/mol. The monoisotopic (exact) mass is 226 g/mol. The summed E-state index contributed by atoms with van der Waals surface area (Å²) < 4.78 is 0. The van der Waals surface area contributed by atoms with Crippen LogP contribution in [0.15, 0.2) is 0 Å². The van der Waals surface area contributed by atoms with Crippen LogP contribution < -0.4 is 10.6 Å².